The number of unbranched alkanes of at least 4 members (excludes halogenated alkanes) is 1. The van der Waals surface area contributed by atoms with Gasteiger partial charge in [-0.2, -0.15) is 5.26 Å². The predicted molar refractivity (Wildman–Crippen MR) is 73.9 cm³/mol. The highest BCUT2D eigenvalue weighted by atomic mass is 32.1. The molecule has 90 valence electrons. The number of benzene rings is 1. The number of aromatic nitrogens is 2. The van der Waals surface area contributed by atoms with E-state index >= 15 is 0 Å². The summed E-state index contributed by atoms with van der Waals surface area (Å²) >= 11 is 1.72. The third-order valence-electron chi connectivity index (χ3n) is 3.03. The Balaban J connectivity index is 2.00. The van der Waals surface area contributed by atoms with E-state index in [9.17, 15) is 0 Å². The third kappa shape index (κ3) is 1.87. The van der Waals surface area contributed by atoms with E-state index in [1.165, 1.54) is 15.8 Å². The number of nitrogens with zero attached hydrogens (tertiary/aromatic N) is 3. The normalized spacial score (nSPS) is 11.1. The average Bonchev–Trinajstić information content (AvgIpc) is 2.84. The minimum atomic E-state index is 0.630. The highest BCUT2D eigenvalue weighted by Crippen LogP contribution is 2.27. The lowest BCUT2D eigenvalue weighted by Crippen LogP contribution is -1.85. The van der Waals surface area contributed by atoms with Gasteiger partial charge < -0.3 is 0 Å². The average molecular weight is 255 g/mol. The van der Waals surface area contributed by atoms with Crippen molar-refractivity contribution < 1.29 is 0 Å². The first kappa shape index (κ1) is 11.2. The second-order valence-electron chi connectivity index (χ2n) is 4.45. The van der Waals surface area contributed by atoms with E-state index in [-0.39, 0.29) is 0 Å². The lowest BCUT2D eigenvalue weighted by molar-refractivity contribution is 0.852. The molecule has 0 bridgehead atoms. The molecule has 0 aliphatic rings. The molecule has 18 heavy (non-hydrogen) atoms. The molecule has 0 unspecified atom stereocenters. The maximum absolute atomic E-state index is 8.55. The first-order valence-electron chi connectivity index (χ1n) is 6.02. The van der Waals surface area contributed by atoms with E-state index in [4.69, 9.17) is 5.26 Å². The second-order valence-corrected chi connectivity index (χ2v) is 5.46. The fraction of sp³-hybridized carbons (Fsp3) is 0.286. The molecule has 4 heteroatoms. The van der Waals surface area contributed by atoms with Crippen LogP contribution in [-0.2, 0) is 6.42 Å². The van der Waals surface area contributed by atoms with Gasteiger partial charge in [-0.15, -0.1) is 0 Å². The summed E-state index contributed by atoms with van der Waals surface area (Å²) in [4.78, 5) is 5.55. The summed E-state index contributed by atoms with van der Waals surface area (Å²) in [5.41, 5.74) is 3.58. The quantitative estimate of drug-likeness (QED) is 0.669. The van der Waals surface area contributed by atoms with E-state index in [0.717, 1.165) is 23.5 Å². The van der Waals surface area contributed by atoms with Crippen molar-refractivity contribution in [1.82, 2.24) is 9.38 Å². The molecule has 3 aromatic rings. The third-order valence-corrected chi connectivity index (χ3v) is 4.05. The van der Waals surface area contributed by atoms with Crippen molar-refractivity contribution >= 4 is 26.5 Å². The van der Waals surface area contributed by atoms with Crippen molar-refractivity contribution in [2.24, 2.45) is 0 Å². The van der Waals surface area contributed by atoms with Gasteiger partial charge in [-0.05, 0) is 37.5 Å². The van der Waals surface area contributed by atoms with Crippen LogP contribution in [0.2, 0.25) is 0 Å². The van der Waals surface area contributed by atoms with Crippen LogP contribution in [0.15, 0.2) is 24.4 Å². The first-order chi connectivity index (χ1) is 8.78. The molecule has 0 radical (unpaired) electrons. The summed E-state index contributed by atoms with van der Waals surface area (Å²) < 4.78 is 3.42. The van der Waals surface area contributed by atoms with E-state index in [2.05, 4.69) is 39.8 Å². The molecule has 0 saturated heterocycles. The fourth-order valence-electron chi connectivity index (χ4n) is 2.18. The van der Waals surface area contributed by atoms with Gasteiger partial charge in [-0.1, -0.05) is 17.4 Å². The number of hydrogen-bond donors (Lipinski definition) is 0. The Kier molecular flexibility index (Phi) is 2.77. The topological polar surface area (TPSA) is 41.1 Å². The van der Waals surface area contributed by atoms with Crippen molar-refractivity contribution in [2.75, 3.05) is 0 Å². The van der Waals surface area contributed by atoms with Crippen LogP contribution in [-0.4, -0.2) is 9.38 Å². The Bertz CT molecular complexity index is 745. The first-order valence-corrected chi connectivity index (χ1v) is 6.83. The van der Waals surface area contributed by atoms with Gasteiger partial charge in [-0.3, -0.25) is 4.40 Å². The van der Waals surface area contributed by atoms with Crippen LogP contribution in [0.5, 0.6) is 0 Å². The molecule has 3 rings (SSSR count). The van der Waals surface area contributed by atoms with E-state index in [1.807, 2.05) is 6.92 Å². The van der Waals surface area contributed by atoms with Gasteiger partial charge in [0, 0.05) is 12.6 Å². The van der Waals surface area contributed by atoms with Crippen molar-refractivity contribution in [3.8, 4) is 6.07 Å². The maximum atomic E-state index is 8.55. The number of fused-ring (bicyclic) bond motifs is 3. The maximum Gasteiger partial charge on any atom is 0.194 e. The van der Waals surface area contributed by atoms with E-state index in [0.29, 0.717) is 6.42 Å². The van der Waals surface area contributed by atoms with Crippen LogP contribution in [0.3, 0.4) is 0 Å². The number of imidazole rings is 1. The van der Waals surface area contributed by atoms with E-state index < -0.39 is 0 Å². The Morgan fingerprint density at radius 3 is 3.17 bits per heavy atom. The fourth-order valence-corrected chi connectivity index (χ4v) is 3.30. The summed E-state index contributed by atoms with van der Waals surface area (Å²) in [7, 11) is 0. The predicted octanol–water partition coefficient (Wildman–Crippen LogP) is 3.70. The molecule has 0 aliphatic heterocycles. The Hall–Kier alpha value is -1.86. The summed E-state index contributed by atoms with van der Waals surface area (Å²) in [6.45, 7) is 2.02. The zero-order valence-corrected chi connectivity index (χ0v) is 11.0. The molecule has 0 saturated carbocycles. The van der Waals surface area contributed by atoms with Gasteiger partial charge >= 0.3 is 0 Å². The lowest BCUT2D eigenvalue weighted by atomic mass is 10.1. The van der Waals surface area contributed by atoms with Crippen LogP contribution in [0, 0.1) is 18.3 Å². The number of rotatable bonds is 3. The highest BCUT2D eigenvalue weighted by molar-refractivity contribution is 7.23. The smallest absolute Gasteiger partial charge is 0.194 e. The molecular weight excluding hydrogens is 242 g/mol. The largest absolute Gasteiger partial charge is 0.290 e. The highest BCUT2D eigenvalue weighted by Gasteiger charge is 2.07. The summed E-state index contributed by atoms with van der Waals surface area (Å²) in [5, 5.41) is 8.55. The second kappa shape index (κ2) is 4.43. The van der Waals surface area contributed by atoms with Gasteiger partial charge in [0.2, 0.25) is 0 Å². The molecule has 1 aromatic carbocycles. The molecule has 0 atom stereocenters. The van der Waals surface area contributed by atoms with E-state index in [1.54, 1.807) is 11.3 Å². The van der Waals surface area contributed by atoms with Crippen molar-refractivity contribution in [1.29, 1.82) is 5.26 Å². The van der Waals surface area contributed by atoms with Crippen LogP contribution in [0.1, 0.15) is 24.1 Å². The van der Waals surface area contributed by atoms with Gasteiger partial charge in [0.1, 0.15) is 0 Å². The number of hydrogen-bond acceptors (Lipinski definition) is 3. The number of nitriles is 1. The SMILES string of the molecule is Cc1cn2c(n1)sc1cc(CCCC#N)ccc12. The van der Waals surface area contributed by atoms with Crippen LogP contribution in [0.25, 0.3) is 15.2 Å². The molecule has 0 N–H and O–H groups in total. The number of aryl methyl sites for hydroxylation is 2. The molecule has 2 heterocycles. The van der Waals surface area contributed by atoms with Gasteiger partial charge in [0.05, 0.1) is 22.0 Å². The summed E-state index contributed by atoms with van der Waals surface area (Å²) in [6.07, 6.45) is 4.61. The Morgan fingerprint density at radius 2 is 2.33 bits per heavy atom. The van der Waals surface area contributed by atoms with Gasteiger partial charge in [0.25, 0.3) is 0 Å². The van der Waals surface area contributed by atoms with Crippen molar-refractivity contribution in [3.05, 3.63) is 35.7 Å². The molecule has 0 fully saturated rings. The Labute approximate surface area is 109 Å². The van der Waals surface area contributed by atoms with Crippen LogP contribution >= 0.6 is 11.3 Å². The standard InChI is InChI=1S/C14H13N3S/c1-10-9-17-12-6-5-11(4-2-3-7-15)8-13(12)18-14(17)16-10/h5-6,8-9H,2-4H2,1H3. The van der Waals surface area contributed by atoms with Crippen molar-refractivity contribution in [2.45, 2.75) is 26.2 Å². The summed E-state index contributed by atoms with van der Waals surface area (Å²) in [5.74, 6) is 0. The van der Waals surface area contributed by atoms with Gasteiger partial charge in [-0.25, -0.2) is 4.98 Å². The minimum Gasteiger partial charge on any atom is -0.290 e. The van der Waals surface area contributed by atoms with Crippen LogP contribution in [0.4, 0.5) is 0 Å². The molecule has 0 aliphatic carbocycles. The molecule has 0 spiro atoms. The monoisotopic (exact) mass is 255 g/mol. The summed E-state index contributed by atoms with van der Waals surface area (Å²) in [6, 6.07) is 8.72. The zero-order chi connectivity index (χ0) is 12.5. The lowest BCUT2D eigenvalue weighted by Gasteiger charge is -1.99. The molecule has 2 aromatic heterocycles. The molecule has 3 nitrogen and oxygen atoms in total. The molecule has 0 amide bonds. The minimum absolute atomic E-state index is 0.630. The zero-order valence-electron chi connectivity index (χ0n) is 10.2. The number of thiazole rings is 1. The van der Waals surface area contributed by atoms with Gasteiger partial charge in [0.15, 0.2) is 4.96 Å². The molecular formula is C14H13N3S. The van der Waals surface area contributed by atoms with Crippen LogP contribution < -0.4 is 0 Å². The van der Waals surface area contributed by atoms with Crippen molar-refractivity contribution in [3.63, 3.8) is 0 Å². The Morgan fingerprint density at radius 1 is 1.44 bits per heavy atom.